The zero-order valence-corrected chi connectivity index (χ0v) is 15.6. The maximum Gasteiger partial charge on any atom is 0.146 e. The van der Waals surface area contributed by atoms with Crippen LogP contribution in [0.15, 0.2) is 42.6 Å². The number of hydrogen-bond donors (Lipinski definition) is 0. The van der Waals surface area contributed by atoms with Crippen LogP contribution in [0.4, 0.5) is 5.82 Å². The number of benzene rings is 1. The summed E-state index contributed by atoms with van der Waals surface area (Å²) >= 11 is 0. The Bertz CT molecular complexity index is 884. The molecule has 0 radical (unpaired) electrons. The number of piperidine rings is 3. The van der Waals surface area contributed by atoms with Crippen molar-refractivity contribution < 1.29 is 4.74 Å². The van der Waals surface area contributed by atoms with E-state index in [0.29, 0.717) is 29.5 Å². The molecule has 0 amide bonds. The molecule has 4 aliphatic heterocycles. The molecule has 5 heteroatoms. The standard InChI is InChI=1S/C22H24N4O/c1-27-19-7-3-2-6-17(19)18-14-26(22-16(13-23)5-4-10-24-22)20-15-8-11-25(12-9-15)21(18)20/h2-7,10,15,18,20-21H,8-9,11-12,14H2,1H3/t18-,20-,21-/m1/s1. The van der Waals surface area contributed by atoms with Gasteiger partial charge in [-0.15, -0.1) is 0 Å². The van der Waals surface area contributed by atoms with Crippen molar-refractivity contribution in [1.82, 2.24) is 9.88 Å². The van der Waals surface area contributed by atoms with Gasteiger partial charge in [-0.05, 0) is 50.0 Å². The molecule has 4 fully saturated rings. The third-order valence-corrected chi connectivity index (χ3v) is 6.71. The smallest absolute Gasteiger partial charge is 0.146 e. The molecule has 0 N–H and O–H groups in total. The number of methoxy groups -OCH3 is 1. The summed E-state index contributed by atoms with van der Waals surface area (Å²) in [6, 6.07) is 15.4. The minimum atomic E-state index is 0.364. The first kappa shape index (κ1) is 16.6. The molecule has 0 aliphatic carbocycles. The van der Waals surface area contributed by atoms with Crippen LogP contribution in [0.5, 0.6) is 5.75 Å². The van der Waals surface area contributed by atoms with Gasteiger partial charge in [0.15, 0.2) is 0 Å². The fraction of sp³-hybridized carbons (Fsp3) is 0.455. The van der Waals surface area contributed by atoms with Gasteiger partial charge in [0, 0.05) is 36.3 Å². The molecular formula is C22H24N4O. The Labute approximate surface area is 160 Å². The normalized spacial score (nSPS) is 31.4. The van der Waals surface area contributed by atoms with Crippen LogP contribution < -0.4 is 9.64 Å². The van der Waals surface area contributed by atoms with Gasteiger partial charge in [-0.25, -0.2) is 4.98 Å². The van der Waals surface area contributed by atoms with Crippen molar-refractivity contribution in [1.29, 1.82) is 5.26 Å². The Kier molecular flexibility index (Phi) is 4.02. The Balaban J connectivity index is 1.61. The van der Waals surface area contributed by atoms with E-state index < -0.39 is 0 Å². The zero-order chi connectivity index (χ0) is 18.4. The van der Waals surface area contributed by atoms with Gasteiger partial charge >= 0.3 is 0 Å². The van der Waals surface area contributed by atoms with Gasteiger partial charge in [-0.1, -0.05) is 18.2 Å². The molecule has 4 aliphatic rings. The molecule has 138 valence electrons. The van der Waals surface area contributed by atoms with Crippen molar-refractivity contribution in [2.75, 3.05) is 31.6 Å². The van der Waals surface area contributed by atoms with Crippen LogP contribution in [0.1, 0.15) is 29.9 Å². The van der Waals surface area contributed by atoms with Gasteiger partial charge < -0.3 is 9.64 Å². The molecule has 1 aromatic heterocycles. The molecule has 4 saturated heterocycles. The quantitative estimate of drug-likeness (QED) is 0.842. The number of rotatable bonds is 3. The van der Waals surface area contributed by atoms with Crippen molar-refractivity contribution in [2.24, 2.45) is 5.92 Å². The second-order valence-corrected chi connectivity index (χ2v) is 7.84. The van der Waals surface area contributed by atoms with Crippen LogP contribution >= 0.6 is 0 Å². The summed E-state index contributed by atoms with van der Waals surface area (Å²) in [6.07, 6.45) is 4.29. The second-order valence-electron chi connectivity index (χ2n) is 7.84. The van der Waals surface area contributed by atoms with Crippen LogP contribution in [0.2, 0.25) is 0 Å². The Hall–Kier alpha value is -2.58. The highest BCUT2D eigenvalue weighted by Crippen LogP contribution is 2.49. The fourth-order valence-corrected chi connectivity index (χ4v) is 5.62. The van der Waals surface area contributed by atoms with E-state index in [1.807, 2.05) is 24.4 Å². The highest BCUT2D eigenvalue weighted by Gasteiger charge is 2.54. The minimum Gasteiger partial charge on any atom is -0.496 e. The highest BCUT2D eigenvalue weighted by molar-refractivity contribution is 5.57. The molecule has 2 bridgehead atoms. The van der Waals surface area contributed by atoms with E-state index in [0.717, 1.165) is 18.1 Å². The van der Waals surface area contributed by atoms with E-state index in [4.69, 9.17) is 4.74 Å². The Morgan fingerprint density at radius 2 is 1.93 bits per heavy atom. The molecule has 5 nitrogen and oxygen atoms in total. The highest BCUT2D eigenvalue weighted by atomic mass is 16.5. The van der Waals surface area contributed by atoms with Crippen LogP contribution in [0.3, 0.4) is 0 Å². The largest absolute Gasteiger partial charge is 0.496 e. The molecular weight excluding hydrogens is 336 g/mol. The van der Waals surface area contributed by atoms with Gasteiger partial charge in [0.25, 0.3) is 0 Å². The number of para-hydroxylation sites is 1. The van der Waals surface area contributed by atoms with Crippen LogP contribution in [0, 0.1) is 17.2 Å². The number of fused-ring (bicyclic) bond motifs is 2. The lowest BCUT2D eigenvalue weighted by Crippen LogP contribution is -2.60. The van der Waals surface area contributed by atoms with E-state index in [1.165, 1.54) is 31.5 Å². The van der Waals surface area contributed by atoms with Crippen molar-refractivity contribution in [3.8, 4) is 11.8 Å². The maximum absolute atomic E-state index is 9.62. The van der Waals surface area contributed by atoms with E-state index >= 15 is 0 Å². The van der Waals surface area contributed by atoms with Crippen molar-refractivity contribution >= 4 is 5.82 Å². The number of anilines is 1. The van der Waals surface area contributed by atoms with Crippen molar-refractivity contribution in [3.05, 3.63) is 53.7 Å². The number of nitrogens with zero attached hydrogens (tertiary/aromatic N) is 4. The van der Waals surface area contributed by atoms with Crippen LogP contribution in [0.25, 0.3) is 0 Å². The molecule has 0 spiro atoms. The van der Waals surface area contributed by atoms with E-state index in [2.05, 4.69) is 39.1 Å². The summed E-state index contributed by atoms with van der Waals surface area (Å²) in [5.74, 6) is 2.85. The summed E-state index contributed by atoms with van der Waals surface area (Å²) in [7, 11) is 1.75. The lowest BCUT2D eigenvalue weighted by Gasteiger charge is -2.51. The predicted molar refractivity (Wildman–Crippen MR) is 104 cm³/mol. The summed E-state index contributed by atoms with van der Waals surface area (Å²) < 4.78 is 5.70. The van der Waals surface area contributed by atoms with Gasteiger partial charge in [0.1, 0.15) is 17.6 Å². The van der Waals surface area contributed by atoms with Gasteiger partial charge in [0.05, 0.1) is 12.7 Å². The third kappa shape index (κ3) is 2.51. The average Bonchev–Trinajstić information content (AvgIpc) is 3.17. The van der Waals surface area contributed by atoms with E-state index in [-0.39, 0.29) is 0 Å². The lowest BCUT2D eigenvalue weighted by atomic mass is 9.75. The first-order chi connectivity index (χ1) is 13.3. The lowest BCUT2D eigenvalue weighted by molar-refractivity contribution is 0.0352. The Morgan fingerprint density at radius 1 is 1.11 bits per heavy atom. The first-order valence-electron chi connectivity index (χ1n) is 9.80. The number of pyridine rings is 1. The first-order valence-corrected chi connectivity index (χ1v) is 9.80. The molecule has 1 aromatic carbocycles. The minimum absolute atomic E-state index is 0.364. The average molecular weight is 360 g/mol. The number of hydrogen-bond acceptors (Lipinski definition) is 5. The second kappa shape index (κ2) is 6.54. The van der Waals surface area contributed by atoms with Crippen LogP contribution in [-0.2, 0) is 0 Å². The van der Waals surface area contributed by atoms with E-state index in [9.17, 15) is 5.26 Å². The molecule has 2 aromatic rings. The molecule has 27 heavy (non-hydrogen) atoms. The third-order valence-electron chi connectivity index (χ3n) is 6.71. The summed E-state index contributed by atoms with van der Waals surface area (Å²) in [5, 5.41) is 9.62. The molecule has 0 saturated carbocycles. The predicted octanol–water partition coefficient (Wildman–Crippen LogP) is 3.03. The Morgan fingerprint density at radius 3 is 2.70 bits per heavy atom. The molecule has 5 heterocycles. The molecule has 0 unspecified atom stereocenters. The van der Waals surface area contributed by atoms with Gasteiger partial charge in [-0.3, -0.25) is 4.90 Å². The van der Waals surface area contributed by atoms with Crippen molar-refractivity contribution in [2.45, 2.75) is 30.8 Å². The van der Waals surface area contributed by atoms with Crippen LogP contribution in [-0.4, -0.2) is 48.7 Å². The zero-order valence-electron chi connectivity index (χ0n) is 15.6. The van der Waals surface area contributed by atoms with Crippen molar-refractivity contribution in [3.63, 3.8) is 0 Å². The number of ether oxygens (including phenoxy) is 1. The maximum atomic E-state index is 9.62. The summed E-state index contributed by atoms with van der Waals surface area (Å²) in [5.41, 5.74) is 1.95. The SMILES string of the molecule is COc1ccccc1[C@H]1CN(c2ncccc2C#N)[C@@H]2C3CCN(CC3)[C@H]12. The van der Waals surface area contributed by atoms with Gasteiger partial charge in [0.2, 0.25) is 0 Å². The fourth-order valence-electron chi connectivity index (χ4n) is 5.62. The topological polar surface area (TPSA) is 52.4 Å². The summed E-state index contributed by atoms with van der Waals surface area (Å²) in [6.45, 7) is 3.24. The summed E-state index contributed by atoms with van der Waals surface area (Å²) in [4.78, 5) is 9.72. The van der Waals surface area contributed by atoms with Gasteiger partial charge in [-0.2, -0.15) is 5.26 Å². The monoisotopic (exact) mass is 360 g/mol. The number of nitriles is 1. The van der Waals surface area contributed by atoms with E-state index in [1.54, 1.807) is 7.11 Å². The molecule has 3 atom stereocenters. The molecule has 6 rings (SSSR count). The number of aromatic nitrogens is 1.